The van der Waals surface area contributed by atoms with Crippen LogP contribution in [-0.4, -0.2) is 20.7 Å². The van der Waals surface area contributed by atoms with E-state index in [-0.39, 0.29) is 11.5 Å². The Hall–Kier alpha value is -2.28. The number of carbonyl (C=O) groups is 1. The molecule has 0 unspecified atom stereocenters. The molecule has 1 aromatic heterocycles. The highest BCUT2D eigenvalue weighted by atomic mass is 32.1. The van der Waals surface area contributed by atoms with Crippen molar-refractivity contribution < 1.29 is 9.18 Å². The normalized spacial score (nSPS) is 12.2. The van der Waals surface area contributed by atoms with E-state index in [1.54, 1.807) is 22.8 Å². The third-order valence-corrected chi connectivity index (χ3v) is 3.76. The fraction of sp³-hybridized carbons (Fsp3) is 0.312. The molecule has 0 aliphatic rings. The largest absolute Gasteiger partial charge is 0.342 e. The Balaban J connectivity index is 2.33. The van der Waals surface area contributed by atoms with Gasteiger partial charge >= 0.3 is 0 Å². The van der Waals surface area contributed by atoms with Crippen LogP contribution in [0.4, 0.5) is 4.39 Å². The predicted octanol–water partition coefficient (Wildman–Crippen LogP) is 3.39. The molecule has 2 aromatic rings. The maximum absolute atomic E-state index is 13.8. The zero-order valence-electron chi connectivity index (χ0n) is 13.0. The topological polar surface area (TPSA) is 62.7 Å². The third kappa shape index (κ3) is 3.73. The molecule has 1 amide bonds. The van der Waals surface area contributed by atoms with Crippen LogP contribution in [0.2, 0.25) is 0 Å². The van der Waals surface area contributed by atoms with Gasteiger partial charge in [0.05, 0.1) is 11.6 Å². The summed E-state index contributed by atoms with van der Waals surface area (Å²) in [6.07, 6.45) is 1.70. The van der Waals surface area contributed by atoms with Gasteiger partial charge in [-0.15, -0.1) is 6.58 Å². The number of H-pyrrole nitrogens is 1. The van der Waals surface area contributed by atoms with Crippen molar-refractivity contribution in [3.63, 3.8) is 0 Å². The highest BCUT2D eigenvalue weighted by Crippen LogP contribution is 2.21. The van der Waals surface area contributed by atoms with Gasteiger partial charge in [0.1, 0.15) is 5.82 Å². The number of aromatic amines is 1. The molecule has 0 aliphatic carbocycles. The number of carbonyl (C=O) groups excluding carboxylic acids is 1. The summed E-state index contributed by atoms with van der Waals surface area (Å²) in [5.74, 6) is -0.410. The lowest BCUT2D eigenvalue weighted by molar-refractivity contribution is 0.0918. The highest BCUT2D eigenvalue weighted by molar-refractivity contribution is 7.71. The summed E-state index contributed by atoms with van der Waals surface area (Å²) in [5, 5.41) is 9.78. The Morgan fingerprint density at radius 2 is 2.22 bits per heavy atom. The number of nitrogens with one attached hydrogen (secondary N) is 2. The summed E-state index contributed by atoms with van der Waals surface area (Å²) >= 11 is 5.20. The van der Waals surface area contributed by atoms with Crippen LogP contribution in [0.15, 0.2) is 36.9 Å². The van der Waals surface area contributed by atoms with Crippen molar-refractivity contribution in [1.29, 1.82) is 0 Å². The van der Waals surface area contributed by atoms with E-state index in [9.17, 15) is 9.18 Å². The average Bonchev–Trinajstić information content (AvgIpc) is 2.86. The van der Waals surface area contributed by atoms with Crippen LogP contribution in [0.3, 0.4) is 0 Å². The smallest absolute Gasteiger partial charge is 0.254 e. The van der Waals surface area contributed by atoms with Gasteiger partial charge in [-0.3, -0.25) is 14.5 Å². The second-order valence-corrected chi connectivity index (χ2v) is 5.85. The number of hydrogen-bond acceptors (Lipinski definition) is 3. The molecule has 1 aromatic carbocycles. The summed E-state index contributed by atoms with van der Waals surface area (Å²) in [5.41, 5.74) is 0.00236. The molecule has 1 heterocycles. The van der Waals surface area contributed by atoms with Gasteiger partial charge in [0.2, 0.25) is 0 Å². The number of aromatic nitrogens is 3. The van der Waals surface area contributed by atoms with E-state index in [4.69, 9.17) is 12.2 Å². The summed E-state index contributed by atoms with van der Waals surface area (Å²) < 4.78 is 16.0. The molecule has 1 atom stereocenters. The molecule has 23 heavy (non-hydrogen) atoms. The molecule has 0 fully saturated rings. The number of nitrogens with zero attached hydrogens (tertiary/aromatic N) is 2. The monoisotopic (exact) mass is 334 g/mol. The summed E-state index contributed by atoms with van der Waals surface area (Å²) in [7, 11) is 0. The number of amides is 1. The SMILES string of the molecule is C=CCn1c([C@H](NC(=O)c2ccccc2F)C(C)C)n[nH]c1=S. The molecule has 0 spiro atoms. The molecule has 0 radical (unpaired) electrons. The first kappa shape index (κ1) is 17.1. The van der Waals surface area contributed by atoms with Gasteiger partial charge in [0.25, 0.3) is 5.91 Å². The number of hydrogen-bond donors (Lipinski definition) is 2. The van der Waals surface area contributed by atoms with Crippen LogP contribution in [0.25, 0.3) is 0 Å². The lowest BCUT2D eigenvalue weighted by Gasteiger charge is -2.22. The van der Waals surface area contributed by atoms with Crippen LogP contribution < -0.4 is 5.32 Å². The van der Waals surface area contributed by atoms with Crippen LogP contribution >= 0.6 is 12.2 Å². The predicted molar refractivity (Wildman–Crippen MR) is 89.1 cm³/mol. The molecule has 2 rings (SSSR count). The van der Waals surface area contributed by atoms with E-state index >= 15 is 0 Å². The van der Waals surface area contributed by atoms with Gasteiger partial charge in [-0.25, -0.2) is 4.39 Å². The molecule has 0 bridgehead atoms. The minimum atomic E-state index is -0.558. The summed E-state index contributed by atoms with van der Waals surface area (Å²) in [4.78, 5) is 12.4. The molecular weight excluding hydrogens is 315 g/mol. The van der Waals surface area contributed by atoms with E-state index in [1.807, 2.05) is 13.8 Å². The first-order chi connectivity index (χ1) is 11.0. The summed E-state index contributed by atoms with van der Waals surface area (Å²) in [6.45, 7) is 8.07. The third-order valence-electron chi connectivity index (χ3n) is 3.45. The van der Waals surface area contributed by atoms with Crippen LogP contribution in [-0.2, 0) is 6.54 Å². The van der Waals surface area contributed by atoms with E-state index in [1.165, 1.54) is 12.1 Å². The highest BCUT2D eigenvalue weighted by Gasteiger charge is 2.25. The Labute approximate surface area is 139 Å². The molecule has 0 saturated carbocycles. The van der Waals surface area contributed by atoms with Gasteiger partial charge in [-0.2, -0.15) is 5.10 Å². The van der Waals surface area contributed by atoms with Crippen molar-refractivity contribution in [2.45, 2.75) is 26.4 Å². The fourth-order valence-corrected chi connectivity index (χ4v) is 2.48. The second kappa shape index (κ2) is 7.32. The standard InChI is InChI=1S/C16H19FN4OS/c1-4-9-21-14(19-20-16(21)23)13(10(2)3)18-15(22)11-7-5-6-8-12(11)17/h4-8,10,13H,1,9H2,2-3H3,(H,18,22)(H,20,23)/t13-/m1/s1. The van der Waals surface area contributed by atoms with E-state index in [2.05, 4.69) is 22.1 Å². The number of allylic oxidation sites excluding steroid dienone is 1. The van der Waals surface area contributed by atoms with Crippen molar-refractivity contribution in [3.05, 3.63) is 58.9 Å². The minimum Gasteiger partial charge on any atom is -0.342 e. The minimum absolute atomic E-state index is 0.00236. The van der Waals surface area contributed by atoms with E-state index in [0.717, 1.165) is 0 Å². The molecule has 2 N–H and O–H groups in total. The number of halogens is 1. The lowest BCUT2D eigenvalue weighted by atomic mass is 10.0. The van der Waals surface area contributed by atoms with Crippen molar-refractivity contribution in [3.8, 4) is 0 Å². The molecular formula is C16H19FN4OS. The number of benzene rings is 1. The second-order valence-electron chi connectivity index (χ2n) is 5.46. The Morgan fingerprint density at radius 3 is 2.83 bits per heavy atom. The van der Waals surface area contributed by atoms with Crippen molar-refractivity contribution in [2.75, 3.05) is 0 Å². The zero-order chi connectivity index (χ0) is 17.0. The summed E-state index contributed by atoms with van der Waals surface area (Å²) in [6, 6.07) is 5.46. The van der Waals surface area contributed by atoms with Gasteiger partial charge < -0.3 is 5.32 Å². The van der Waals surface area contributed by atoms with Gasteiger partial charge in [-0.05, 0) is 30.3 Å². The van der Waals surface area contributed by atoms with Crippen LogP contribution in [0.1, 0.15) is 36.1 Å². The first-order valence-electron chi connectivity index (χ1n) is 7.27. The van der Waals surface area contributed by atoms with Gasteiger partial charge in [0.15, 0.2) is 10.6 Å². The van der Waals surface area contributed by atoms with E-state index < -0.39 is 17.8 Å². The Bertz CT molecular complexity index is 765. The Kier molecular flexibility index (Phi) is 5.44. The van der Waals surface area contributed by atoms with Crippen molar-refractivity contribution in [1.82, 2.24) is 20.1 Å². The fourth-order valence-electron chi connectivity index (χ4n) is 2.27. The Morgan fingerprint density at radius 1 is 1.52 bits per heavy atom. The molecule has 0 aliphatic heterocycles. The average molecular weight is 334 g/mol. The van der Waals surface area contributed by atoms with E-state index in [0.29, 0.717) is 17.1 Å². The quantitative estimate of drug-likeness (QED) is 0.629. The maximum atomic E-state index is 13.8. The zero-order valence-corrected chi connectivity index (χ0v) is 13.9. The van der Waals surface area contributed by atoms with Crippen molar-refractivity contribution in [2.24, 2.45) is 5.92 Å². The molecule has 0 saturated heterocycles. The van der Waals surface area contributed by atoms with Crippen LogP contribution in [0, 0.1) is 16.5 Å². The molecule has 7 heteroatoms. The van der Waals surface area contributed by atoms with Crippen molar-refractivity contribution >= 4 is 18.1 Å². The maximum Gasteiger partial charge on any atom is 0.254 e. The van der Waals surface area contributed by atoms with Gasteiger partial charge in [-0.1, -0.05) is 32.1 Å². The first-order valence-corrected chi connectivity index (χ1v) is 7.68. The van der Waals surface area contributed by atoms with Gasteiger partial charge in [0, 0.05) is 6.54 Å². The molecule has 122 valence electrons. The lowest BCUT2D eigenvalue weighted by Crippen LogP contribution is -2.34. The van der Waals surface area contributed by atoms with Crippen LogP contribution in [0.5, 0.6) is 0 Å². The number of rotatable bonds is 6. The molecule has 5 nitrogen and oxygen atoms in total.